The van der Waals surface area contributed by atoms with Crippen LogP contribution in [0.15, 0.2) is 66.9 Å². The molecule has 3 aliphatic rings. The van der Waals surface area contributed by atoms with Crippen LogP contribution in [-0.4, -0.2) is 37.5 Å². The normalized spacial score (nSPS) is 20.9. The van der Waals surface area contributed by atoms with Crippen LogP contribution >= 0.6 is 0 Å². The molecule has 1 aliphatic carbocycles. The van der Waals surface area contributed by atoms with Gasteiger partial charge < -0.3 is 14.2 Å². The van der Waals surface area contributed by atoms with E-state index in [-0.39, 0.29) is 12.2 Å². The zero-order chi connectivity index (χ0) is 29.8. The SMILES string of the molecule is CCOC(=O)/C=C/c1ccc(/C(=C(\c2ccnc(OC)c2)C2CCC2)c2ccc3c(c2)C(F)NN3C2CCCCO2)cc1. The lowest BCUT2D eigenvalue weighted by molar-refractivity contribution is -0.137. The smallest absolute Gasteiger partial charge is 0.330 e. The summed E-state index contributed by atoms with van der Waals surface area (Å²) in [7, 11) is 1.62. The molecule has 0 radical (unpaired) electrons. The van der Waals surface area contributed by atoms with Gasteiger partial charge in [0.1, 0.15) is 6.23 Å². The summed E-state index contributed by atoms with van der Waals surface area (Å²) < 4.78 is 32.1. The van der Waals surface area contributed by atoms with Gasteiger partial charge in [-0.05, 0) is 103 Å². The van der Waals surface area contributed by atoms with Gasteiger partial charge in [0.2, 0.25) is 5.88 Å². The fourth-order valence-corrected chi connectivity index (χ4v) is 6.12. The van der Waals surface area contributed by atoms with Gasteiger partial charge in [-0.3, -0.25) is 5.01 Å². The van der Waals surface area contributed by atoms with E-state index in [0.717, 1.165) is 72.0 Å². The van der Waals surface area contributed by atoms with E-state index in [9.17, 15) is 4.79 Å². The van der Waals surface area contributed by atoms with Crippen molar-refractivity contribution in [2.75, 3.05) is 25.3 Å². The quantitative estimate of drug-likeness (QED) is 0.162. The minimum atomic E-state index is -1.33. The second-order valence-corrected chi connectivity index (χ2v) is 11.2. The number of rotatable bonds is 9. The molecular formula is C35H38FN3O4. The summed E-state index contributed by atoms with van der Waals surface area (Å²) in [5, 5.41) is 1.86. The number of hydrogen-bond donors (Lipinski definition) is 1. The van der Waals surface area contributed by atoms with Gasteiger partial charge in [-0.15, -0.1) is 0 Å². The maximum atomic E-state index is 15.6. The fraction of sp³-hybridized carbons (Fsp3) is 0.371. The van der Waals surface area contributed by atoms with E-state index in [1.807, 2.05) is 41.4 Å². The second-order valence-electron chi connectivity index (χ2n) is 11.2. The van der Waals surface area contributed by atoms with Crippen molar-refractivity contribution in [3.05, 3.63) is 94.7 Å². The van der Waals surface area contributed by atoms with Crippen molar-refractivity contribution in [2.45, 2.75) is 58.0 Å². The number of benzene rings is 2. The number of hydrogen-bond acceptors (Lipinski definition) is 7. The number of methoxy groups -OCH3 is 1. The molecule has 0 spiro atoms. The van der Waals surface area contributed by atoms with Crippen LogP contribution in [-0.2, 0) is 14.3 Å². The first-order valence-corrected chi connectivity index (χ1v) is 15.2. The van der Waals surface area contributed by atoms with Crippen molar-refractivity contribution >= 4 is 28.9 Å². The number of alkyl halides is 1. The number of nitrogens with zero attached hydrogens (tertiary/aromatic N) is 2. The predicted molar refractivity (Wildman–Crippen MR) is 166 cm³/mol. The van der Waals surface area contributed by atoms with Gasteiger partial charge in [0.25, 0.3) is 0 Å². The Bertz CT molecular complexity index is 1510. The van der Waals surface area contributed by atoms with Gasteiger partial charge in [0.15, 0.2) is 6.30 Å². The van der Waals surface area contributed by atoms with Gasteiger partial charge in [-0.2, -0.15) is 5.43 Å². The lowest BCUT2D eigenvalue weighted by Gasteiger charge is -2.33. The molecule has 3 heterocycles. The van der Waals surface area contributed by atoms with Crippen LogP contribution in [0.25, 0.3) is 17.2 Å². The molecule has 2 unspecified atom stereocenters. The second kappa shape index (κ2) is 13.1. The largest absolute Gasteiger partial charge is 0.481 e. The van der Waals surface area contributed by atoms with Crippen molar-refractivity contribution in [3.8, 4) is 5.88 Å². The molecule has 2 fully saturated rings. The zero-order valence-electron chi connectivity index (χ0n) is 24.7. The zero-order valence-corrected chi connectivity index (χ0v) is 24.7. The third-order valence-electron chi connectivity index (χ3n) is 8.48. The minimum absolute atomic E-state index is 0.181. The van der Waals surface area contributed by atoms with Gasteiger partial charge in [-0.25, -0.2) is 14.2 Å². The molecular weight excluding hydrogens is 545 g/mol. The van der Waals surface area contributed by atoms with Crippen molar-refractivity contribution in [2.24, 2.45) is 5.92 Å². The molecule has 43 heavy (non-hydrogen) atoms. The first kappa shape index (κ1) is 29.1. The average molecular weight is 584 g/mol. The highest BCUT2D eigenvalue weighted by molar-refractivity contribution is 6.00. The maximum Gasteiger partial charge on any atom is 0.330 e. The molecule has 1 aromatic heterocycles. The van der Waals surface area contributed by atoms with E-state index in [1.54, 1.807) is 26.3 Å². The first-order valence-electron chi connectivity index (χ1n) is 15.2. The number of pyridine rings is 1. The molecule has 6 rings (SSSR count). The highest BCUT2D eigenvalue weighted by atomic mass is 19.1. The monoisotopic (exact) mass is 583 g/mol. The standard InChI is InChI=1S/C35H38FN3O4/c1-3-42-32(40)17-12-23-10-13-25(14-11-23)34(33(24-7-6-8-24)27-18-19-37-30(22-27)41-2)26-15-16-29-28(21-26)35(36)38-39(29)31-9-4-5-20-43-31/h10-19,21-22,24,31,35,38H,3-9,20H2,1-2H3/b17-12+,34-33+. The molecule has 1 saturated heterocycles. The van der Waals surface area contributed by atoms with Crippen molar-refractivity contribution in [1.29, 1.82) is 0 Å². The van der Waals surface area contributed by atoms with Crippen LogP contribution in [0.4, 0.5) is 10.1 Å². The van der Waals surface area contributed by atoms with Crippen LogP contribution in [0.1, 0.15) is 79.6 Å². The Morgan fingerprint density at radius 2 is 1.86 bits per heavy atom. The number of nitrogens with one attached hydrogen (secondary N) is 1. The topological polar surface area (TPSA) is 72.9 Å². The van der Waals surface area contributed by atoms with Crippen LogP contribution in [0.5, 0.6) is 5.88 Å². The Kier molecular flexibility index (Phi) is 8.86. The number of allylic oxidation sites excluding steroid dienone is 1. The lowest BCUT2D eigenvalue weighted by Crippen LogP contribution is -2.45. The third-order valence-corrected chi connectivity index (χ3v) is 8.48. The Labute approximate surface area is 252 Å². The van der Waals surface area contributed by atoms with Gasteiger partial charge >= 0.3 is 5.97 Å². The Morgan fingerprint density at radius 1 is 1.05 bits per heavy atom. The van der Waals surface area contributed by atoms with E-state index in [0.29, 0.717) is 30.6 Å². The number of carbonyl (C=O) groups excluding carboxylic acids is 1. The molecule has 7 nitrogen and oxygen atoms in total. The van der Waals surface area contributed by atoms with Crippen molar-refractivity contribution in [1.82, 2.24) is 10.4 Å². The number of aromatic nitrogens is 1. The Morgan fingerprint density at radius 3 is 2.56 bits per heavy atom. The minimum Gasteiger partial charge on any atom is -0.481 e. The van der Waals surface area contributed by atoms with E-state index in [4.69, 9.17) is 14.2 Å². The average Bonchev–Trinajstić information content (AvgIpc) is 3.35. The molecule has 0 amide bonds. The number of anilines is 1. The van der Waals surface area contributed by atoms with Gasteiger partial charge in [0.05, 0.1) is 19.4 Å². The van der Waals surface area contributed by atoms with E-state index < -0.39 is 6.30 Å². The number of esters is 1. The maximum absolute atomic E-state index is 15.6. The molecule has 0 bridgehead atoms. The number of halogens is 1. The number of carbonyl (C=O) groups is 1. The Hall–Kier alpha value is -4.01. The predicted octanol–water partition coefficient (Wildman–Crippen LogP) is 7.25. The summed E-state index contributed by atoms with van der Waals surface area (Å²) in [5.74, 6) is 0.537. The van der Waals surface area contributed by atoms with Crippen molar-refractivity contribution in [3.63, 3.8) is 0 Å². The van der Waals surface area contributed by atoms with E-state index in [2.05, 4.69) is 28.6 Å². The number of hydrazine groups is 1. The molecule has 2 atom stereocenters. The summed E-state index contributed by atoms with van der Waals surface area (Å²) in [5.41, 5.74) is 10.6. The number of fused-ring (bicyclic) bond motifs is 1. The lowest BCUT2D eigenvalue weighted by atomic mass is 9.73. The molecule has 3 aromatic rings. The molecule has 2 aromatic carbocycles. The van der Waals surface area contributed by atoms with Crippen molar-refractivity contribution < 1.29 is 23.4 Å². The summed E-state index contributed by atoms with van der Waals surface area (Å²) in [6.07, 6.45) is 9.73. The van der Waals surface area contributed by atoms with E-state index in [1.165, 1.54) is 11.6 Å². The van der Waals surface area contributed by atoms with Crippen LogP contribution in [0, 0.1) is 5.92 Å². The van der Waals surface area contributed by atoms with Gasteiger partial charge in [0, 0.05) is 30.5 Å². The van der Waals surface area contributed by atoms with E-state index >= 15 is 4.39 Å². The summed E-state index contributed by atoms with van der Waals surface area (Å²) >= 11 is 0. The van der Waals surface area contributed by atoms with Gasteiger partial charge in [-0.1, -0.05) is 36.8 Å². The molecule has 224 valence electrons. The molecule has 2 aliphatic heterocycles. The molecule has 1 saturated carbocycles. The molecule has 8 heteroatoms. The Balaban J connectivity index is 1.46. The first-order chi connectivity index (χ1) is 21.1. The van der Waals surface area contributed by atoms with Crippen LogP contribution in [0.3, 0.4) is 0 Å². The summed E-state index contributed by atoms with van der Waals surface area (Å²) in [6, 6.07) is 18.2. The fourth-order valence-electron chi connectivity index (χ4n) is 6.12. The third kappa shape index (κ3) is 6.21. The van der Waals surface area contributed by atoms with Crippen LogP contribution < -0.4 is 15.2 Å². The highest BCUT2D eigenvalue weighted by Crippen LogP contribution is 2.47. The molecule has 1 N–H and O–H groups in total. The summed E-state index contributed by atoms with van der Waals surface area (Å²) in [4.78, 5) is 16.2. The summed E-state index contributed by atoms with van der Waals surface area (Å²) in [6.45, 7) is 2.81. The van der Waals surface area contributed by atoms with Crippen LogP contribution in [0.2, 0.25) is 0 Å². The number of ether oxygens (including phenoxy) is 3. The highest BCUT2D eigenvalue weighted by Gasteiger charge is 2.35.